The van der Waals surface area contributed by atoms with Gasteiger partial charge in [0.1, 0.15) is 11.7 Å². The maximum atomic E-state index is 13.1. The summed E-state index contributed by atoms with van der Waals surface area (Å²) in [5, 5.41) is 14.3. The molecule has 130 valence electrons. The molecule has 0 fully saturated rings. The summed E-state index contributed by atoms with van der Waals surface area (Å²) in [5.74, 6) is -0.830. The fourth-order valence-electron chi connectivity index (χ4n) is 2.87. The van der Waals surface area contributed by atoms with Gasteiger partial charge < -0.3 is 14.5 Å². The van der Waals surface area contributed by atoms with E-state index in [0.29, 0.717) is 0 Å². The number of ether oxygens (including phenoxy) is 1. The molecule has 3 aromatic rings. The molecular weight excluding hydrogens is 338 g/mol. The maximum Gasteiger partial charge on any atom is 0.355 e. The van der Waals surface area contributed by atoms with Crippen LogP contribution in [0.25, 0.3) is 0 Å². The van der Waals surface area contributed by atoms with Gasteiger partial charge in [-0.05, 0) is 28.1 Å². The minimum atomic E-state index is -0.714. The SMILES string of the molecule is COC(=O)C1=C(C(=O)c2ccco2)C(c2ccccc2)n2nnnc2N1. The monoisotopic (exact) mass is 351 g/mol. The van der Waals surface area contributed by atoms with E-state index in [0.717, 1.165) is 5.56 Å². The van der Waals surface area contributed by atoms with Gasteiger partial charge in [0.25, 0.3) is 0 Å². The molecule has 1 aliphatic rings. The van der Waals surface area contributed by atoms with Crippen LogP contribution in [0.1, 0.15) is 22.2 Å². The molecule has 0 saturated carbocycles. The molecule has 4 rings (SSSR count). The van der Waals surface area contributed by atoms with Gasteiger partial charge in [-0.3, -0.25) is 4.79 Å². The topological polar surface area (TPSA) is 112 Å². The average molecular weight is 351 g/mol. The lowest BCUT2D eigenvalue weighted by atomic mass is 9.91. The van der Waals surface area contributed by atoms with Crippen molar-refractivity contribution >= 4 is 17.7 Å². The first-order valence-electron chi connectivity index (χ1n) is 7.71. The van der Waals surface area contributed by atoms with E-state index in [1.165, 1.54) is 24.1 Å². The summed E-state index contributed by atoms with van der Waals surface area (Å²) in [7, 11) is 1.24. The predicted octanol–water partition coefficient (Wildman–Crippen LogP) is 1.59. The molecule has 9 heteroatoms. The molecule has 1 N–H and O–H groups in total. The highest BCUT2D eigenvalue weighted by Crippen LogP contribution is 2.36. The molecular formula is C17H13N5O4. The summed E-state index contributed by atoms with van der Waals surface area (Å²) in [6.45, 7) is 0. The van der Waals surface area contributed by atoms with E-state index in [2.05, 4.69) is 20.8 Å². The number of rotatable bonds is 4. The third-order valence-electron chi connectivity index (χ3n) is 4.01. The van der Waals surface area contributed by atoms with Gasteiger partial charge in [-0.2, -0.15) is 4.68 Å². The van der Waals surface area contributed by atoms with Crippen molar-refractivity contribution in [2.24, 2.45) is 0 Å². The van der Waals surface area contributed by atoms with Gasteiger partial charge in [0.2, 0.25) is 11.7 Å². The molecule has 9 nitrogen and oxygen atoms in total. The smallest absolute Gasteiger partial charge is 0.355 e. The second-order valence-electron chi connectivity index (χ2n) is 5.47. The van der Waals surface area contributed by atoms with Crippen molar-refractivity contribution in [3.05, 3.63) is 71.3 Å². The average Bonchev–Trinajstić information content (AvgIpc) is 3.37. The first-order chi connectivity index (χ1) is 12.7. The number of tetrazole rings is 1. The molecule has 0 spiro atoms. The Morgan fingerprint density at radius 3 is 2.69 bits per heavy atom. The normalized spacial score (nSPS) is 16.0. The van der Waals surface area contributed by atoms with E-state index in [9.17, 15) is 9.59 Å². The molecule has 0 amide bonds. The van der Waals surface area contributed by atoms with Crippen LogP contribution in [0.3, 0.4) is 0 Å². The van der Waals surface area contributed by atoms with Crippen LogP contribution in [0.2, 0.25) is 0 Å². The third kappa shape index (κ3) is 2.46. The van der Waals surface area contributed by atoms with E-state index >= 15 is 0 Å². The highest BCUT2D eigenvalue weighted by Gasteiger charge is 2.39. The Kier molecular flexibility index (Phi) is 3.81. The fourth-order valence-corrected chi connectivity index (χ4v) is 2.87. The summed E-state index contributed by atoms with van der Waals surface area (Å²) < 4.78 is 11.5. The largest absolute Gasteiger partial charge is 0.464 e. The minimum Gasteiger partial charge on any atom is -0.464 e. The number of hydrogen-bond donors (Lipinski definition) is 1. The zero-order chi connectivity index (χ0) is 18.1. The molecule has 0 saturated heterocycles. The van der Waals surface area contributed by atoms with Gasteiger partial charge in [-0.1, -0.05) is 35.4 Å². The van der Waals surface area contributed by atoms with Crippen LogP contribution >= 0.6 is 0 Å². The number of methoxy groups -OCH3 is 1. The lowest BCUT2D eigenvalue weighted by Crippen LogP contribution is -2.32. The molecule has 1 unspecified atom stereocenters. The molecule has 26 heavy (non-hydrogen) atoms. The first-order valence-corrected chi connectivity index (χ1v) is 7.71. The number of furan rings is 1. The number of benzene rings is 1. The van der Waals surface area contributed by atoms with Crippen LogP contribution in [-0.2, 0) is 9.53 Å². The molecule has 1 aromatic carbocycles. The number of aromatic nitrogens is 4. The molecule has 1 aliphatic heterocycles. The van der Waals surface area contributed by atoms with Crippen LogP contribution in [0.15, 0.2) is 64.4 Å². The van der Waals surface area contributed by atoms with Crippen LogP contribution in [0, 0.1) is 0 Å². The number of esters is 1. The Morgan fingerprint density at radius 2 is 2.00 bits per heavy atom. The molecule has 3 heterocycles. The number of carbonyl (C=O) groups is 2. The summed E-state index contributed by atoms with van der Waals surface area (Å²) in [6, 6.07) is 11.6. The van der Waals surface area contributed by atoms with E-state index < -0.39 is 17.8 Å². The van der Waals surface area contributed by atoms with Crippen LogP contribution in [0.4, 0.5) is 5.95 Å². The highest BCUT2D eigenvalue weighted by molar-refractivity contribution is 6.13. The molecule has 0 radical (unpaired) electrons. The summed E-state index contributed by atoms with van der Waals surface area (Å²) >= 11 is 0. The number of Topliss-reactive ketones (excluding diaryl/α,β-unsaturated/α-hetero) is 1. The number of carbonyl (C=O) groups excluding carboxylic acids is 2. The van der Waals surface area contributed by atoms with Crippen molar-refractivity contribution in [1.82, 2.24) is 20.2 Å². The van der Waals surface area contributed by atoms with Crippen LogP contribution in [-0.4, -0.2) is 39.1 Å². The second kappa shape index (κ2) is 6.28. The summed E-state index contributed by atoms with van der Waals surface area (Å²) in [4.78, 5) is 25.5. The predicted molar refractivity (Wildman–Crippen MR) is 88.1 cm³/mol. The Labute approximate surface area is 147 Å². The third-order valence-corrected chi connectivity index (χ3v) is 4.01. The Bertz CT molecular complexity index is 991. The van der Waals surface area contributed by atoms with Crippen LogP contribution < -0.4 is 5.32 Å². The number of fused-ring (bicyclic) bond motifs is 1. The second-order valence-corrected chi connectivity index (χ2v) is 5.47. The van der Waals surface area contributed by atoms with Crippen molar-refractivity contribution in [3.8, 4) is 0 Å². The molecule has 2 aromatic heterocycles. The van der Waals surface area contributed by atoms with Gasteiger partial charge in [0.05, 0.1) is 18.9 Å². The van der Waals surface area contributed by atoms with Crippen molar-refractivity contribution in [3.63, 3.8) is 0 Å². The van der Waals surface area contributed by atoms with Crippen molar-refractivity contribution in [1.29, 1.82) is 0 Å². The van der Waals surface area contributed by atoms with Gasteiger partial charge in [-0.15, -0.1) is 0 Å². The molecule has 0 aliphatic carbocycles. The van der Waals surface area contributed by atoms with E-state index in [1.54, 1.807) is 6.07 Å². The number of ketones is 1. The fraction of sp³-hybridized carbons (Fsp3) is 0.118. The zero-order valence-corrected chi connectivity index (χ0v) is 13.6. The zero-order valence-electron chi connectivity index (χ0n) is 13.6. The van der Waals surface area contributed by atoms with Crippen molar-refractivity contribution in [2.75, 3.05) is 12.4 Å². The Morgan fingerprint density at radius 1 is 1.19 bits per heavy atom. The Balaban J connectivity index is 1.96. The number of hydrogen-bond acceptors (Lipinski definition) is 8. The number of nitrogens with zero attached hydrogens (tertiary/aromatic N) is 4. The lowest BCUT2D eigenvalue weighted by Gasteiger charge is -2.27. The molecule has 1 atom stereocenters. The van der Waals surface area contributed by atoms with Gasteiger partial charge in [-0.25, -0.2) is 4.79 Å². The number of nitrogens with one attached hydrogen (secondary N) is 1. The first kappa shape index (κ1) is 15.8. The van der Waals surface area contributed by atoms with Crippen LogP contribution in [0.5, 0.6) is 0 Å². The maximum absolute atomic E-state index is 13.1. The van der Waals surface area contributed by atoms with E-state index in [1.807, 2.05) is 30.3 Å². The quantitative estimate of drug-likeness (QED) is 0.557. The minimum absolute atomic E-state index is 0.0231. The highest BCUT2D eigenvalue weighted by atomic mass is 16.5. The number of allylic oxidation sites excluding steroid dienone is 1. The van der Waals surface area contributed by atoms with Gasteiger partial charge in [0.15, 0.2) is 5.76 Å². The summed E-state index contributed by atoms with van der Waals surface area (Å²) in [5.41, 5.74) is 0.849. The van der Waals surface area contributed by atoms with Gasteiger partial charge in [0, 0.05) is 0 Å². The lowest BCUT2D eigenvalue weighted by molar-refractivity contribution is -0.136. The van der Waals surface area contributed by atoms with E-state index in [-0.39, 0.29) is 23.0 Å². The van der Waals surface area contributed by atoms with Crippen molar-refractivity contribution < 1.29 is 18.7 Å². The standard InChI is InChI=1S/C17H13N5O4/c1-25-16(24)13-12(15(23)11-8-5-9-26-11)14(10-6-3-2-4-7-10)22-17(18-13)19-20-21-22/h2-9,14H,1H3,(H,18,19,21). The Hall–Kier alpha value is -3.75. The summed E-state index contributed by atoms with van der Waals surface area (Å²) in [6.07, 6.45) is 1.39. The number of anilines is 1. The van der Waals surface area contributed by atoms with Crippen molar-refractivity contribution in [2.45, 2.75) is 6.04 Å². The van der Waals surface area contributed by atoms with Gasteiger partial charge >= 0.3 is 5.97 Å². The molecule has 0 bridgehead atoms. The van der Waals surface area contributed by atoms with E-state index in [4.69, 9.17) is 9.15 Å².